The molecule has 14 heavy (non-hydrogen) atoms. The van der Waals surface area contributed by atoms with E-state index in [-0.39, 0.29) is 12.4 Å². The number of halogens is 3. The molecule has 0 fully saturated rings. The molecule has 0 saturated heterocycles. The molecule has 0 aromatic heterocycles. The van der Waals surface area contributed by atoms with Gasteiger partial charge in [0.05, 0.1) is 27.4 Å². The third-order valence-corrected chi connectivity index (χ3v) is 3.17. The van der Waals surface area contributed by atoms with E-state index in [9.17, 15) is 9.59 Å². The number of hydrogen-bond acceptors (Lipinski definition) is 2. The lowest BCUT2D eigenvalue weighted by molar-refractivity contribution is -0.113. The zero-order chi connectivity index (χ0) is 9.59. The molecule has 1 heterocycles. The molecule has 3 nitrogen and oxygen atoms in total. The highest BCUT2D eigenvalue weighted by Gasteiger charge is 2.36. The Morgan fingerprint density at radius 1 is 1.21 bits per heavy atom. The van der Waals surface area contributed by atoms with Gasteiger partial charge >= 0.3 is 5.91 Å². The minimum absolute atomic E-state index is 0. The summed E-state index contributed by atoms with van der Waals surface area (Å²) in [5.41, 5.74) is 1.01. The Hall–Kier alpha value is -0.390. The van der Waals surface area contributed by atoms with Crippen molar-refractivity contribution in [2.45, 2.75) is 0 Å². The second-order valence-corrected chi connectivity index (χ2v) is 4.11. The van der Waals surface area contributed by atoms with Crippen molar-refractivity contribution in [3.8, 4) is 0 Å². The number of fused-ring (bicyclic) bond motifs is 1. The van der Waals surface area contributed by atoms with Gasteiger partial charge in [-0.2, -0.15) is 0 Å². The van der Waals surface area contributed by atoms with E-state index < -0.39 is 11.7 Å². The number of hydrogen-bond donors (Lipinski definition) is 0. The van der Waals surface area contributed by atoms with Crippen molar-refractivity contribution < 1.29 is 9.59 Å². The Morgan fingerprint density at radius 3 is 2.43 bits per heavy atom. The Balaban J connectivity index is 0.000000980. The lowest BCUT2D eigenvalue weighted by Gasteiger charge is -2.04. The molecule has 1 aromatic carbocycles. The van der Waals surface area contributed by atoms with Crippen LogP contribution in [0.3, 0.4) is 0 Å². The Kier molecular flexibility index (Phi) is 3.34. The van der Waals surface area contributed by atoms with Crippen LogP contribution in [-0.2, 0) is 4.79 Å². The first-order chi connectivity index (χ1) is 6.13. The first-order valence-electron chi connectivity index (χ1n) is 3.46. The zero-order valence-corrected chi connectivity index (χ0v) is 10.6. The number of Topliss-reactive ketones (excluding diaryl/α,β-unsaturated/α-hetero) is 1. The second-order valence-electron chi connectivity index (χ2n) is 2.55. The van der Waals surface area contributed by atoms with Gasteiger partial charge in [0.15, 0.2) is 0 Å². The number of benzene rings is 1. The molecule has 0 radical (unpaired) electrons. The van der Waals surface area contributed by atoms with Gasteiger partial charge in [0.1, 0.15) is 0 Å². The number of anilines is 1. The van der Waals surface area contributed by atoms with Crippen molar-refractivity contribution in [2.24, 2.45) is 0 Å². The summed E-state index contributed by atoms with van der Waals surface area (Å²) in [6.45, 7) is 0. The average Bonchev–Trinajstić information content (AvgIpc) is 2.33. The van der Waals surface area contributed by atoms with Crippen LogP contribution >= 0.6 is 44.5 Å². The van der Waals surface area contributed by atoms with E-state index in [0.29, 0.717) is 15.7 Å². The van der Waals surface area contributed by atoms with E-state index in [1.165, 1.54) is 3.93 Å². The molecule has 1 aromatic rings. The van der Waals surface area contributed by atoms with Crippen LogP contribution in [0.5, 0.6) is 0 Å². The summed E-state index contributed by atoms with van der Waals surface area (Å²) < 4.78 is 1.82. The number of carbonyl (C=O) groups is 2. The maximum Gasteiger partial charge on any atom is 0.309 e. The van der Waals surface area contributed by atoms with Crippen LogP contribution in [0.4, 0.5) is 5.69 Å². The summed E-state index contributed by atoms with van der Waals surface area (Å²) in [7, 11) is 0. The molecule has 2 rings (SSSR count). The van der Waals surface area contributed by atoms with E-state index in [4.69, 9.17) is 0 Å². The van der Waals surface area contributed by atoms with Gasteiger partial charge in [-0.1, -0.05) is 6.07 Å². The van der Waals surface area contributed by atoms with E-state index in [2.05, 4.69) is 32.1 Å². The highest BCUT2D eigenvalue weighted by molar-refractivity contribution is 9.10. The summed E-state index contributed by atoms with van der Waals surface area (Å²) in [5, 5.41) is 0. The first-order valence-corrected chi connectivity index (χ1v) is 4.96. The van der Waals surface area contributed by atoms with Gasteiger partial charge in [-0.25, -0.2) is 3.93 Å². The molecule has 0 unspecified atom stereocenters. The van der Waals surface area contributed by atoms with Gasteiger partial charge in [0, 0.05) is 4.47 Å². The molecule has 0 saturated carbocycles. The quantitative estimate of drug-likeness (QED) is 0.537. The van der Waals surface area contributed by atoms with Crippen molar-refractivity contribution in [3.05, 3.63) is 28.2 Å². The smallest absolute Gasteiger partial charge is 0.283 e. The molecule has 6 heteroatoms. The maximum absolute atomic E-state index is 11.4. The Bertz CT molecular complexity index is 422. The molecule has 0 aliphatic carbocycles. The zero-order valence-electron chi connectivity index (χ0n) is 6.66. The predicted molar refractivity (Wildman–Crippen MR) is 62.1 cm³/mol. The lowest BCUT2D eigenvalue weighted by Crippen LogP contribution is -2.19. The molecule has 0 N–H and O–H groups in total. The minimum atomic E-state index is -0.554. The lowest BCUT2D eigenvalue weighted by atomic mass is 10.1. The van der Waals surface area contributed by atoms with Crippen molar-refractivity contribution in [1.29, 1.82) is 0 Å². The number of amides is 1. The van der Waals surface area contributed by atoms with Crippen molar-refractivity contribution in [2.75, 3.05) is 3.93 Å². The minimum Gasteiger partial charge on any atom is -0.283 e. The highest BCUT2D eigenvalue weighted by Crippen LogP contribution is 2.35. The van der Waals surface area contributed by atoms with Crippen LogP contribution in [0.25, 0.3) is 0 Å². The fourth-order valence-corrected chi connectivity index (χ4v) is 2.20. The molecule has 0 atom stereocenters. The van der Waals surface area contributed by atoms with Crippen LogP contribution < -0.4 is 3.93 Å². The van der Waals surface area contributed by atoms with Crippen molar-refractivity contribution in [3.63, 3.8) is 0 Å². The van der Waals surface area contributed by atoms with Gasteiger partial charge in [-0.05, 0) is 28.1 Å². The van der Waals surface area contributed by atoms with Gasteiger partial charge in [0.25, 0.3) is 5.78 Å². The maximum atomic E-state index is 11.4. The normalized spacial score (nSPS) is 14.0. The standard InChI is InChI=1S/C8H3Br2NO2.ClH/c9-4-2-1-3-5-6(4)7(12)8(13)11(5)10;/h1-3H;1H. The highest BCUT2D eigenvalue weighted by atomic mass is 79.9. The summed E-state index contributed by atoms with van der Waals surface area (Å²) in [4.78, 5) is 22.6. The SMILES string of the molecule is Cl.O=C1C(=O)N(Br)c2cccc(Br)c21. The first kappa shape index (κ1) is 11.7. The van der Waals surface area contributed by atoms with Crippen molar-refractivity contribution in [1.82, 2.24) is 0 Å². The summed E-state index contributed by atoms with van der Waals surface area (Å²) in [5.74, 6) is -1.04. The van der Waals surface area contributed by atoms with Gasteiger partial charge < -0.3 is 0 Å². The van der Waals surface area contributed by atoms with Gasteiger partial charge in [-0.3, -0.25) is 9.59 Å². The predicted octanol–water partition coefficient (Wildman–Crippen LogP) is 2.71. The number of carbonyl (C=O) groups excluding carboxylic acids is 2. The summed E-state index contributed by atoms with van der Waals surface area (Å²) in [6.07, 6.45) is 0. The molecule has 0 spiro atoms. The van der Waals surface area contributed by atoms with Crippen molar-refractivity contribution >= 4 is 61.9 Å². The molecule has 1 aliphatic rings. The number of rotatable bonds is 0. The fourth-order valence-electron chi connectivity index (χ4n) is 1.21. The van der Waals surface area contributed by atoms with Gasteiger partial charge in [-0.15, -0.1) is 12.4 Å². The van der Waals surface area contributed by atoms with Gasteiger partial charge in [0.2, 0.25) is 0 Å². The third-order valence-electron chi connectivity index (χ3n) is 1.80. The molecular formula is C8H4Br2ClNO2. The van der Waals surface area contributed by atoms with E-state index in [0.717, 1.165) is 0 Å². The number of ketones is 1. The van der Waals surface area contributed by atoms with Crippen LogP contribution in [0, 0.1) is 0 Å². The van der Waals surface area contributed by atoms with Crippen LogP contribution in [0.1, 0.15) is 10.4 Å². The van der Waals surface area contributed by atoms with Crippen LogP contribution in [-0.4, -0.2) is 11.7 Å². The summed E-state index contributed by atoms with van der Waals surface area (Å²) in [6, 6.07) is 5.21. The molecule has 0 bridgehead atoms. The van der Waals surface area contributed by atoms with E-state index in [1.54, 1.807) is 18.2 Å². The van der Waals surface area contributed by atoms with E-state index in [1.807, 2.05) is 0 Å². The van der Waals surface area contributed by atoms with Crippen LogP contribution in [0.15, 0.2) is 22.7 Å². The monoisotopic (exact) mass is 339 g/mol. The third kappa shape index (κ3) is 1.49. The largest absolute Gasteiger partial charge is 0.309 e. The molecular weight excluding hydrogens is 337 g/mol. The number of nitrogens with zero attached hydrogens (tertiary/aromatic N) is 1. The topological polar surface area (TPSA) is 37.4 Å². The fraction of sp³-hybridized carbons (Fsp3) is 0. The van der Waals surface area contributed by atoms with Crippen LogP contribution in [0.2, 0.25) is 0 Å². The Morgan fingerprint density at radius 2 is 1.86 bits per heavy atom. The summed E-state index contributed by atoms with van der Waals surface area (Å²) >= 11 is 6.24. The Labute approximate surface area is 103 Å². The second kappa shape index (κ2) is 4.00. The molecule has 1 amide bonds. The van der Waals surface area contributed by atoms with E-state index >= 15 is 0 Å². The molecule has 1 aliphatic heterocycles. The molecule has 74 valence electrons. The average molecular weight is 341 g/mol.